The van der Waals surface area contributed by atoms with Crippen molar-refractivity contribution >= 4 is 32.7 Å². The van der Waals surface area contributed by atoms with Crippen LogP contribution in [0, 0.1) is 0 Å². The molecular weight excluding hydrogens is 717 g/mol. The van der Waals surface area contributed by atoms with Gasteiger partial charge in [-0.15, -0.1) is 0 Å². The third-order valence-electron chi connectivity index (χ3n) is 11.3. The molecule has 0 atom stereocenters. The topological polar surface area (TPSA) is 38.9 Å². The molecule has 0 spiro atoms. The van der Waals surface area contributed by atoms with Crippen LogP contribution < -0.4 is 0 Å². The second-order valence-corrected chi connectivity index (χ2v) is 14.9. The molecule has 0 N–H and O–H groups in total. The molecule has 3 heteroatoms. The van der Waals surface area contributed by atoms with Crippen LogP contribution in [-0.4, -0.2) is 9.97 Å². The van der Waals surface area contributed by atoms with Crippen LogP contribution in [0.1, 0.15) is 0 Å². The maximum atomic E-state index is 6.65. The van der Waals surface area contributed by atoms with Gasteiger partial charge in [0.1, 0.15) is 11.2 Å². The molecule has 276 valence electrons. The molecule has 0 radical (unpaired) electrons. The van der Waals surface area contributed by atoms with Gasteiger partial charge in [-0.3, -0.25) is 0 Å². The van der Waals surface area contributed by atoms with Gasteiger partial charge in [0.05, 0.1) is 11.4 Å². The van der Waals surface area contributed by atoms with Crippen LogP contribution in [0.15, 0.2) is 223 Å². The number of nitrogens with zero attached hydrogens (tertiary/aromatic N) is 2. The average Bonchev–Trinajstić information content (AvgIpc) is 3.70. The molecule has 0 saturated carbocycles. The van der Waals surface area contributed by atoms with Gasteiger partial charge in [0, 0.05) is 32.8 Å². The second kappa shape index (κ2) is 14.6. The van der Waals surface area contributed by atoms with E-state index in [0.29, 0.717) is 5.82 Å². The lowest BCUT2D eigenvalue weighted by molar-refractivity contribution is 0.673. The molecule has 0 aliphatic heterocycles. The Hall–Kier alpha value is -7.88. The van der Waals surface area contributed by atoms with E-state index < -0.39 is 0 Å². The number of rotatable bonds is 7. The molecule has 0 aliphatic rings. The summed E-state index contributed by atoms with van der Waals surface area (Å²) >= 11 is 0. The van der Waals surface area contributed by atoms with Crippen molar-refractivity contribution in [2.75, 3.05) is 0 Å². The monoisotopic (exact) mass is 752 g/mol. The van der Waals surface area contributed by atoms with E-state index in [-0.39, 0.29) is 0 Å². The van der Waals surface area contributed by atoms with Gasteiger partial charge in [0.25, 0.3) is 0 Å². The lowest BCUT2D eigenvalue weighted by Gasteiger charge is -2.12. The fourth-order valence-electron chi connectivity index (χ4n) is 8.38. The molecule has 0 fully saturated rings. The Kier molecular flexibility index (Phi) is 8.49. The Balaban J connectivity index is 1.02. The zero-order valence-corrected chi connectivity index (χ0v) is 32.1. The van der Waals surface area contributed by atoms with Gasteiger partial charge in [0.2, 0.25) is 0 Å². The maximum Gasteiger partial charge on any atom is 0.160 e. The second-order valence-electron chi connectivity index (χ2n) is 14.9. The summed E-state index contributed by atoms with van der Waals surface area (Å²) in [6.07, 6.45) is 0. The van der Waals surface area contributed by atoms with E-state index in [0.717, 1.165) is 83.0 Å². The average molecular weight is 753 g/mol. The van der Waals surface area contributed by atoms with E-state index in [1.165, 1.54) is 22.3 Å². The van der Waals surface area contributed by atoms with E-state index >= 15 is 0 Å². The van der Waals surface area contributed by atoms with Gasteiger partial charge >= 0.3 is 0 Å². The number of aromatic nitrogens is 2. The molecule has 59 heavy (non-hydrogen) atoms. The number of hydrogen-bond acceptors (Lipinski definition) is 3. The zero-order chi connectivity index (χ0) is 39.1. The molecule has 11 aromatic rings. The summed E-state index contributed by atoms with van der Waals surface area (Å²) in [4.78, 5) is 10.2. The predicted octanol–water partition coefficient (Wildman–Crippen LogP) is 15.2. The lowest BCUT2D eigenvalue weighted by Crippen LogP contribution is -1.96. The van der Waals surface area contributed by atoms with Crippen molar-refractivity contribution in [1.82, 2.24) is 9.97 Å². The minimum Gasteiger partial charge on any atom is -0.455 e. The summed E-state index contributed by atoms with van der Waals surface area (Å²) in [7, 11) is 0. The quantitative estimate of drug-likeness (QED) is 0.163. The van der Waals surface area contributed by atoms with Gasteiger partial charge in [-0.05, 0) is 80.2 Å². The van der Waals surface area contributed by atoms with Gasteiger partial charge < -0.3 is 4.42 Å². The summed E-state index contributed by atoms with van der Waals surface area (Å²) < 4.78 is 6.65. The van der Waals surface area contributed by atoms with Crippen LogP contribution in [0.25, 0.3) is 111 Å². The lowest BCUT2D eigenvalue weighted by atomic mass is 9.92. The summed E-state index contributed by atoms with van der Waals surface area (Å²) in [6.45, 7) is 0. The van der Waals surface area contributed by atoms with Gasteiger partial charge in [-0.1, -0.05) is 188 Å². The Labute approximate surface area is 342 Å². The third kappa shape index (κ3) is 6.36. The van der Waals surface area contributed by atoms with Crippen molar-refractivity contribution in [3.63, 3.8) is 0 Å². The Morgan fingerprint density at radius 1 is 0.271 bits per heavy atom. The fraction of sp³-hybridized carbons (Fsp3) is 0. The minimum atomic E-state index is 0.696. The number of benzene rings is 9. The van der Waals surface area contributed by atoms with Crippen molar-refractivity contribution in [2.24, 2.45) is 0 Å². The fourth-order valence-corrected chi connectivity index (χ4v) is 8.38. The Bertz CT molecular complexity index is 3300. The normalized spacial score (nSPS) is 11.4. The first-order chi connectivity index (χ1) is 29.2. The van der Waals surface area contributed by atoms with Crippen LogP contribution in [0.4, 0.5) is 0 Å². The minimum absolute atomic E-state index is 0.696. The van der Waals surface area contributed by atoms with Crippen molar-refractivity contribution in [1.29, 1.82) is 0 Å². The molecule has 0 saturated heterocycles. The van der Waals surface area contributed by atoms with Gasteiger partial charge in [-0.25, -0.2) is 9.97 Å². The molecule has 11 rings (SSSR count). The van der Waals surface area contributed by atoms with Crippen LogP contribution in [0.2, 0.25) is 0 Å². The molecule has 9 aromatic carbocycles. The van der Waals surface area contributed by atoms with Gasteiger partial charge in [0.15, 0.2) is 5.82 Å². The highest BCUT2D eigenvalue weighted by atomic mass is 16.3. The van der Waals surface area contributed by atoms with E-state index in [4.69, 9.17) is 14.4 Å². The number of fused-ring (bicyclic) bond motifs is 5. The van der Waals surface area contributed by atoms with Crippen molar-refractivity contribution in [3.05, 3.63) is 218 Å². The number of furan rings is 1. The molecule has 2 heterocycles. The first-order valence-electron chi connectivity index (χ1n) is 20.0. The first kappa shape index (κ1) is 34.4. The van der Waals surface area contributed by atoms with E-state index in [2.05, 4.69) is 194 Å². The summed E-state index contributed by atoms with van der Waals surface area (Å²) in [6, 6.07) is 76.9. The summed E-state index contributed by atoms with van der Waals surface area (Å²) in [5, 5.41) is 4.44. The largest absolute Gasteiger partial charge is 0.455 e. The van der Waals surface area contributed by atoms with Crippen molar-refractivity contribution in [2.45, 2.75) is 0 Å². The number of hydrogen-bond donors (Lipinski definition) is 0. The van der Waals surface area contributed by atoms with E-state index in [9.17, 15) is 0 Å². The van der Waals surface area contributed by atoms with E-state index in [1.54, 1.807) is 0 Å². The highest BCUT2D eigenvalue weighted by Gasteiger charge is 2.18. The predicted molar refractivity (Wildman–Crippen MR) is 245 cm³/mol. The van der Waals surface area contributed by atoms with Crippen molar-refractivity contribution < 1.29 is 4.42 Å². The van der Waals surface area contributed by atoms with Crippen LogP contribution in [0.5, 0.6) is 0 Å². The smallest absolute Gasteiger partial charge is 0.160 e. The first-order valence-corrected chi connectivity index (χ1v) is 20.0. The molecule has 0 bridgehead atoms. The van der Waals surface area contributed by atoms with Crippen LogP contribution in [-0.2, 0) is 0 Å². The van der Waals surface area contributed by atoms with Crippen LogP contribution >= 0.6 is 0 Å². The summed E-state index contributed by atoms with van der Waals surface area (Å²) in [5.41, 5.74) is 15.9. The Morgan fingerprint density at radius 3 is 1.53 bits per heavy atom. The highest BCUT2D eigenvalue weighted by molar-refractivity contribution is 6.19. The Morgan fingerprint density at radius 2 is 0.797 bits per heavy atom. The standard InChI is InChI=1S/C56H36N2O/c1-4-15-37(16-5-1)42-21-14-22-44(33-42)53-36-52(57-56(58-53)41-19-8-3-9-20-41)40-29-27-39(28-30-40)49-35-51-50-34-43(46-24-11-10-23-45(46)38-17-6-2-7-18-38)31-32-54(50)59-55(51)48-26-13-12-25-47(48)49/h1-36H. The third-order valence-corrected chi connectivity index (χ3v) is 11.3. The molecule has 0 aliphatic carbocycles. The molecular formula is C56H36N2O. The zero-order valence-electron chi connectivity index (χ0n) is 32.1. The van der Waals surface area contributed by atoms with E-state index in [1.807, 2.05) is 24.3 Å². The maximum absolute atomic E-state index is 6.65. The van der Waals surface area contributed by atoms with Crippen LogP contribution in [0.3, 0.4) is 0 Å². The molecule has 0 amide bonds. The highest BCUT2D eigenvalue weighted by Crippen LogP contribution is 2.42. The molecule has 3 nitrogen and oxygen atoms in total. The van der Waals surface area contributed by atoms with Gasteiger partial charge in [-0.2, -0.15) is 0 Å². The summed E-state index contributed by atoms with van der Waals surface area (Å²) in [5.74, 6) is 0.696. The van der Waals surface area contributed by atoms with Crippen molar-refractivity contribution in [3.8, 4) is 78.4 Å². The SMILES string of the molecule is c1ccc(-c2cccc(-c3cc(-c4ccc(-c5cc6c7cc(-c8ccccc8-c8ccccc8)ccc7oc6c6ccccc56)cc4)nc(-c4ccccc4)n3)c2)cc1. The molecule has 2 aromatic heterocycles. The molecule has 0 unspecified atom stereocenters.